The Kier molecular flexibility index (Phi) is 4.70. The van der Waals surface area contributed by atoms with E-state index in [0.717, 1.165) is 0 Å². The van der Waals surface area contributed by atoms with E-state index >= 15 is 0 Å². The van der Waals surface area contributed by atoms with Crippen molar-refractivity contribution >= 4 is 22.9 Å². The molecule has 9 heteroatoms. The van der Waals surface area contributed by atoms with Gasteiger partial charge in [0.05, 0.1) is 5.56 Å². The second-order valence-corrected chi connectivity index (χ2v) is 6.09. The average molecular weight is 359 g/mol. The fourth-order valence-electron chi connectivity index (χ4n) is 2.67. The Bertz CT molecular complexity index is 727. The first-order valence-corrected chi connectivity index (χ1v) is 8.19. The Balaban J connectivity index is 1.81. The molecule has 0 radical (unpaired) electrons. The van der Waals surface area contributed by atoms with Gasteiger partial charge in [0, 0.05) is 31.6 Å². The third-order valence-corrected chi connectivity index (χ3v) is 4.53. The number of hydrogen-bond acceptors (Lipinski definition) is 4. The zero-order valence-corrected chi connectivity index (χ0v) is 13.3. The van der Waals surface area contributed by atoms with Crippen molar-refractivity contribution in [2.75, 3.05) is 31.1 Å². The molecule has 0 atom stereocenters. The molecule has 1 fully saturated rings. The Labute approximate surface area is 139 Å². The zero-order valence-electron chi connectivity index (χ0n) is 12.4. The summed E-state index contributed by atoms with van der Waals surface area (Å²) >= 11 is 1.39. The molecule has 128 valence electrons. The summed E-state index contributed by atoms with van der Waals surface area (Å²) in [7, 11) is 0. The van der Waals surface area contributed by atoms with Gasteiger partial charge < -0.3 is 9.80 Å². The van der Waals surface area contributed by atoms with Gasteiger partial charge in [0.2, 0.25) is 11.6 Å². The van der Waals surface area contributed by atoms with E-state index in [0.29, 0.717) is 18.5 Å². The van der Waals surface area contributed by atoms with E-state index in [2.05, 4.69) is 4.98 Å². The van der Waals surface area contributed by atoms with E-state index in [1.807, 2.05) is 0 Å². The molecule has 1 amide bonds. The molecule has 0 aliphatic carbocycles. The van der Waals surface area contributed by atoms with Gasteiger partial charge in [0.25, 0.3) is 17.8 Å². The van der Waals surface area contributed by atoms with Gasteiger partial charge >= 0.3 is 0 Å². The number of amides is 1. The van der Waals surface area contributed by atoms with Crippen LogP contribution in [-0.4, -0.2) is 42.0 Å². The van der Waals surface area contributed by atoms with E-state index in [-0.39, 0.29) is 25.5 Å². The van der Waals surface area contributed by atoms with Crippen LogP contribution >= 0.6 is 11.3 Å². The van der Waals surface area contributed by atoms with Crippen molar-refractivity contribution in [1.29, 1.82) is 0 Å². The Morgan fingerprint density at radius 3 is 2.38 bits per heavy atom. The number of halogens is 4. The summed E-state index contributed by atoms with van der Waals surface area (Å²) in [6, 6.07) is 1.70. The minimum absolute atomic E-state index is 0.0621. The maximum absolute atomic E-state index is 13.9. The van der Waals surface area contributed by atoms with Crippen LogP contribution in [0.2, 0.25) is 0 Å². The molecule has 2 aromatic rings. The fraction of sp³-hybridized carbons (Fsp3) is 0.333. The minimum atomic E-state index is -1.68. The van der Waals surface area contributed by atoms with E-state index in [4.69, 9.17) is 0 Å². The maximum atomic E-state index is 13.9. The smallest absolute Gasteiger partial charge is 0.254 e. The van der Waals surface area contributed by atoms with Gasteiger partial charge in [0.1, 0.15) is 5.69 Å². The summed E-state index contributed by atoms with van der Waals surface area (Å²) in [6.45, 7) is 0.820. The van der Waals surface area contributed by atoms with Crippen LogP contribution in [0.4, 0.5) is 23.2 Å². The highest BCUT2D eigenvalue weighted by Crippen LogP contribution is 2.27. The van der Waals surface area contributed by atoms with Crippen molar-refractivity contribution in [3.05, 3.63) is 45.9 Å². The predicted molar refractivity (Wildman–Crippen MR) is 81.1 cm³/mol. The summed E-state index contributed by atoms with van der Waals surface area (Å²) < 4.78 is 54.3. The first-order valence-electron chi connectivity index (χ1n) is 7.25. The van der Waals surface area contributed by atoms with Crippen LogP contribution in [0.15, 0.2) is 16.8 Å². The molecular formula is C15H13F4N3OS. The van der Waals surface area contributed by atoms with Crippen LogP contribution in [0.1, 0.15) is 16.8 Å². The lowest BCUT2D eigenvalue weighted by Crippen LogP contribution is -2.35. The number of hydrogen-bond donors (Lipinski definition) is 0. The lowest BCUT2D eigenvalue weighted by atomic mass is 10.3. The Morgan fingerprint density at radius 2 is 1.75 bits per heavy atom. The number of pyridine rings is 1. The largest absolute Gasteiger partial charge is 0.365 e. The van der Waals surface area contributed by atoms with Crippen molar-refractivity contribution in [2.45, 2.75) is 6.42 Å². The molecule has 24 heavy (non-hydrogen) atoms. The number of carbonyl (C=O) groups excluding carboxylic acids is 1. The molecule has 1 aliphatic heterocycles. The summed E-state index contributed by atoms with van der Waals surface area (Å²) in [5.41, 5.74) is -0.225. The molecule has 3 heterocycles. The van der Waals surface area contributed by atoms with Gasteiger partial charge in [0.15, 0.2) is 0 Å². The summed E-state index contributed by atoms with van der Waals surface area (Å²) in [6.07, 6.45) is 0.417. The Hall–Kier alpha value is -2.16. The monoisotopic (exact) mass is 359 g/mol. The first kappa shape index (κ1) is 16.7. The molecule has 0 spiro atoms. The number of anilines is 1. The third kappa shape index (κ3) is 3.08. The Morgan fingerprint density at radius 1 is 1.04 bits per heavy atom. The minimum Gasteiger partial charge on any atom is -0.365 e. The standard InChI is InChI=1S/C15H13F4N3OS/c16-10-12(11(17)14(19)20-13(10)18)21-3-1-4-22(6-5-21)15(23)9-2-7-24-8-9/h2,7-8H,1,3-6H2. The van der Waals surface area contributed by atoms with Crippen LogP contribution < -0.4 is 4.90 Å². The van der Waals surface area contributed by atoms with Crippen molar-refractivity contribution in [3.63, 3.8) is 0 Å². The number of nitrogens with zero attached hydrogens (tertiary/aromatic N) is 3. The second-order valence-electron chi connectivity index (χ2n) is 5.31. The number of aromatic nitrogens is 1. The van der Waals surface area contributed by atoms with Gasteiger partial charge in [-0.3, -0.25) is 4.79 Å². The van der Waals surface area contributed by atoms with Crippen LogP contribution in [0.25, 0.3) is 0 Å². The molecule has 1 aliphatic rings. The molecule has 0 aromatic carbocycles. The lowest BCUT2D eigenvalue weighted by molar-refractivity contribution is 0.0767. The third-order valence-electron chi connectivity index (χ3n) is 3.84. The molecule has 3 rings (SSSR count). The van der Waals surface area contributed by atoms with Crippen molar-refractivity contribution < 1.29 is 22.4 Å². The molecule has 0 unspecified atom stereocenters. The highest BCUT2D eigenvalue weighted by atomic mass is 32.1. The predicted octanol–water partition coefficient (Wildman–Crippen LogP) is 3.05. The fourth-order valence-corrected chi connectivity index (χ4v) is 3.30. The van der Waals surface area contributed by atoms with Crippen LogP contribution in [0, 0.1) is 23.5 Å². The molecule has 0 N–H and O–H groups in total. The highest BCUT2D eigenvalue weighted by Gasteiger charge is 2.28. The number of thiophene rings is 1. The van der Waals surface area contributed by atoms with E-state index in [1.165, 1.54) is 16.2 Å². The van der Waals surface area contributed by atoms with Crippen molar-refractivity contribution in [2.24, 2.45) is 0 Å². The van der Waals surface area contributed by atoms with Crippen molar-refractivity contribution in [1.82, 2.24) is 9.88 Å². The summed E-state index contributed by atoms with van der Waals surface area (Å²) in [4.78, 5) is 17.7. The first-order chi connectivity index (χ1) is 11.5. The summed E-state index contributed by atoms with van der Waals surface area (Å²) in [5.74, 6) is -6.58. The SMILES string of the molecule is O=C(c1ccsc1)N1CCCN(c2c(F)c(F)nc(F)c2F)CC1. The maximum Gasteiger partial charge on any atom is 0.254 e. The zero-order chi connectivity index (χ0) is 17.3. The summed E-state index contributed by atoms with van der Waals surface area (Å²) in [5, 5.41) is 3.50. The van der Waals surface area contributed by atoms with Crippen LogP contribution in [-0.2, 0) is 0 Å². The highest BCUT2D eigenvalue weighted by molar-refractivity contribution is 7.08. The lowest BCUT2D eigenvalue weighted by Gasteiger charge is -2.24. The van der Waals surface area contributed by atoms with Crippen molar-refractivity contribution in [3.8, 4) is 0 Å². The quantitative estimate of drug-likeness (QED) is 0.611. The molecular weight excluding hydrogens is 346 g/mol. The van der Waals surface area contributed by atoms with E-state index in [9.17, 15) is 22.4 Å². The molecule has 1 saturated heterocycles. The van der Waals surface area contributed by atoms with Gasteiger partial charge in [-0.15, -0.1) is 0 Å². The molecule has 0 saturated carbocycles. The normalized spacial score (nSPS) is 15.5. The topological polar surface area (TPSA) is 36.4 Å². The van der Waals surface area contributed by atoms with Gasteiger partial charge in [-0.2, -0.15) is 33.9 Å². The molecule has 0 bridgehead atoms. The van der Waals surface area contributed by atoms with Gasteiger partial charge in [-0.25, -0.2) is 0 Å². The molecule has 4 nitrogen and oxygen atoms in total. The van der Waals surface area contributed by atoms with E-state index < -0.39 is 29.2 Å². The number of rotatable bonds is 2. The van der Waals surface area contributed by atoms with E-state index in [1.54, 1.807) is 21.7 Å². The second kappa shape index (κ2) is 6.76. The van der Waals surface area contributed by atoms with Gasteiger partial charge in [-0.05, 0) is 17.9 Å². The van der Waals surface area contributed by atoms with Gasteiger partial charge in [-0.1, -0.05) is 0 Å². The van der Waals surface area contributed by atoms with Crippen LogP contribution in [0.5, 0.6) is 0 Å². The average Bonchev–Trinajstić information content (AvgIpc) is 2.99. The number of carbonyl (C=O) groups is 1. The molecule has 2 aromatic heterocycles. The van der Waals surface area contributed by atoms with Crippen LogP contribution in [0.3, 0.4) is 0 Å².